The Morgan fingerprint density at radius 3 is 2.55 bits per heavy atom. The van der Waals surface area contributed by atoms with E-state index in [1.807, 2.05) is 6.07 Å². The second kappa shape index (κ2) is 9.36. The van der Waals surface area contributed by atoms with Gasteiger partial charge in [0.2, 0.25) is 11.7 Å². The van der Waals surface area contributed by atoms with Gasteiger partial charge < -0.3 is 19.0 Å². The van der Waals surface area contributed by atoms with Crippen LogP contribution in [0.15, 0.2) is 69.1 Å². The molecular weight excluding hydrogens is 461 g/mol. The molecule has 0 amide bonds. The Hall–Kier alpha value is -3.80. The number of benzene rings is 2. The monoisotopic (exact) mass is 476 g/mol. The molecule has 0 aliphatic heterocycles. The standard InChI is InChI=1S/C21H15F3N4O4S/c1-30-15-4-2-3-13(9-15)16-10-17(29)26-20(25-16)33-11-18-27-19(28-32-18)12-5-7-14(8-6-12)31-21(22,23)24/h2-10H,11H2,1H3,(H,25,26,29). The van der Waals surface area contributed by atoms with E-state index in [1.165, 1.54) is 30.0 Å². The van der Waals surface area contributed by atoms with Crippen LogP contribution in [-0.4, -0.2) is 33.6 Å². The Morgan fingerprint density at radius 1 is 1.03 bits per heavy atom. The molecule has 0 aliphatic rings. The van der Waals surface area contributed by atoms with E-state index in [0.717, 1.165) is 17.7 Å². The molecule has 0 aliphatic carbocycles. The topological polar surface area (TPSA) is 103 Å². The van der Waals surface area contributed by atoms with Crippen LogP contribution in [0.4, 0.5) is 13.2 Å². The molecule has 2 aromatic carbocycles. The summed E-state index contributed by atoms with van der Waals surface area (Å²) in [6.07, 6.45) is -4.77. The number of halogens is 3. The molecule has 8 nitrogen and oxygen atoms in total. The van der Waals surface area contributed by atoms with Crippen LogP contribution in [-0.2, 0) is 5.75 Å². The molecule has 4 rings (SSSR count). The molecule has 0 saturated carbocycles. The van der Waals surface area contributed by atoms with Crippen molar-refractivity contribution in [2.24, 2.45) is 0 Å². The summed E-state index contributed by atoms with van der Waals surface area (Å²) in [5, 5.41) is 4.19. The third-order valence-electron chi connectivity index (χ3n) is 4.23. The number of hydrogen-bond acceptors (Lipinski definition) is 8. The molecular formula is C21H15F3N4O4S. The molecule has 0 spiro atoms. The molecule has 0 unspecified atom stereocenters. The Labute approximate surface area is 188 Å². The van der Waals surface area contributed by atoms with Crippen LogP contribution in [0, 0.1) is 0 Å². The highest BCUT2D eigenvalue weighted by Gasteiger charge is 2.31. The predicted octanol–water partition coefficient (Wildman–Crippen LogP) is 4.69. The van der Waals surface area contributed by atoms with Crippen molar-refractivity contribution in [1.82, 2.24) is 20.1 Å². The summed E-state index contributed by atoms with van der Waals surface area (Å²) in [5.41, 5.74) is 1.33. The molecule has 170 valence electrons. The van der Waals surface area contributed by atoms with Gasteiger partial charge in [-0.15, -0.1) is 13.2 Å². The van der Waals surface area contributed by atoms with Gasteiger partial charge in [-0.3, -0.25) is 4.79 Å². The van der Waals surface area contributed by atoms with Gasteiger partial charge >= 0.3 is 6.36 Å². The Bertz CT molecular complexity index is 1310. The van der Waals surface area contributed by atoms with Gasteiger partial charge in [-0.2, -0.15) is 4.98 Å². The number of ether oxygens (including phenoxy) is 2. The van der Waals surface area contributed by atoms with Gasteiger partial charge in [-0.05, 0) is 36.4 Å². The van der Waals surface area contributed by atoms with Crippen molar-refractivity contribution < 1.29 is 27.2 Å². The summed E-state index contributed by atoms with van der Waals surface area (Å²) < 4.78 is 51.1. The first-order chi connectivity index (χ1) is 15.8. The zero-order chi connectivity index (χ0) is 23.4. The third kappa shape index (κ3) is 5.92. The van der Waals surface area contributed by atoms with Gasteiger partial charge in [-0.25, -0.2) is 4.98 Å². The summed E-state index contributed by atoms with van der Waals surface area (Å²) >= 11 is 1.18. The highest BCUT2D eigenvalue weighted by molar-refractivity contribution is 7.98. The molecule has 2 heterocycles. The maximum absolute atomic E-state index is 12.3. The smallest absolute Gasteiger partial charge is 0.497 e. The van der Waals surface area contributed by atoms with E-state index in [9.17, 15) is 18.0 Å². The fourth-order valence-electron chi connectivity index (χ4n) is 2.80. The largest absolute Gasteiger partial charge is 0.573 e. The average molecular weight is 476 g/mol. The number of aromatic nitrogens is 4. The van der Waals surface area contributed by atoms with E-state index in [0.29, 0.717) is 22.2 Å². The molecule has 4 aromatic rings. The summed E-state index contributed by atoms with van der Waals surface area (Å²) in [6.45, 7) is 0. The minimum Gasteiger partial charge on any atom is -0.497 e. The zero-order valence-electron chi connectivity index (χ0n) is 16.9. The lowest BCUT2D eigenvalue weighted by molar-refractivity contribution is -0.274. The first-order valence-corrected chi connectivity index (χ1v) is 10.3. The van der Waals surface area contributed by atoms with Gasteiger partial charge in [-0.1, -0.05) is 29.1 Å². The maximum Gasteiger partial charge on any atom is 0.573 e. The second-order valence-electron chi connectivity index (χ2n) is 6.54. The van der Waals surface area contributed by atoms with Crippen molar-refractivity contribution >= 4 is 11.8 Å². The van der Waals surface area contributed by atoms with Crippen molar-refractivity contribution in [2.75, 3.05) is 7.11 Å². The van der Waals surface area contributed by atoms with Gasteiger partial charge in [0.15, 0.2) is 5.16 Å². The van der Waals surface area contributed by atoms with Gasteiger partial charge in [0.25, 0.3) is 5.56 Å². The summed E-state index contributed by atoms with van der Waals surface area (Å²) in [5.74, 6) is 0.958. The maximum atomic E-state index is 12.3. The summed E-state index contributed by atoms with van der Waals surface area (Å²) in [7, 11) is 1.55. The van der Waals surface area contributed by atoms with Crippen LogP contribution in [0.1, 0.15) is 5.89 Å². The number of thioether (sulfide) groups is 1. The average Bonchev–Trinajstić information content (AvgIpc) is 3.26. The fraction of sp³-hybridized carbons (Fsp3) is 0.143. The number of alkyl halides is 3. The van der Waals surface area contributed by atoms with Crippen molar-refractivity contribution in [1.29, 1.82) is 0 Å². The number of aromatic amines is 1. The minimum absolute atomic E-state index is 0.204. The molecule has 0 bridgehead atoms. The number of nitrogens with zero attached hydrogens (tertiary/aromatic N) is 3. The van der Waals surface area contributed by atoms with Gasteiger partial charge in [0.05, 0.1) is 18.6 Å². The Morgan fingerprint density at radius 2 is 1.82 bits per heavy atom. The number of methoxy groups -OCH3 is 1. The molecule has 0 radical (unpaired) electrons. The number of nitrogens with one attached hydrogen (secondary N) is 1. The van der Waals surface area contributed by atoms with E-state index >= 15 is 0 Å². The van der Waals surface area contributed by atoms with Gasteiger partial charge in [0.1, 0.15) is 11.5 Å². The van der Waals surface area contributed by atoms with Crippen LogP contribution in [0.25, 0.3) is 22.6 Å². The van der Waals surface area contributed by atoms with Crippen LogP contribution in [0.2, 0.25) is 0 Å². The molecule has 0 saturated heterocycles. The normalized spacial score (nSPS) is 11.4. The summed E-state index contributed by atoms with van der Waals surface area (Å²) in [4.78, 5) is 23.4. The first kappa shape index (κ1) is 22.4. The van der Waals surface area contributed by atoms with Crippen molar-refractivity contribution in [2.45, 2.75) is 17.3 Å². The SMILES string of the molecule is COc1cccc(-c2cc(=O)[nH]c(SCc3nc(-c4ccc(OC(F)(F)F)cc4)no3)n2)c1. The number of hydrogen-bond donors (Lipinski definition) is 1. The van der Waals surface area contributed by atoms with E-state index in [2.05, 4.69) is 24.8 Å². The van der Waals surface area contributed by atoms with Gasteiger partial charge in [0, 0.05) is 17.2 Å². The molecule has 12 heteroatoms. The van der Waals surface area contributed by atoms with Crippen molar-refractivity contribution in [3.8, 4) is 34.1 Å². The molecule has 1 N–H and O–H groups in total. The van der Waals surface area contributed by atoms with E-state index in [1.54, 1.807) is 25.3 Å². The molecule has 33 heavy (non-hydrogen) atoms. The predicted molar refractivity (Wildman–Crippen MR) is 113 cm³/mol. The van der Waals surface area contributed by atoms with Crippen LogP contribution in [0.5, 0.6) is 11.5 Å². The first-order valence-electron chi connectivity index (χ1n) is 9.36. The zero-order valence-corrected chi connectivity index (χ0v) is 17.7. The molecule has 0 atom stereocenters. The summed E-state index contributed by atoms with van der Waals surface area (Å²) in [6, 6.07) is 13.6. The highest BCUT2D eigenvalue weighted by atomic mass is 32.2. The lowest BCUT2D eigenvalue weighted by atomic mass is 10.1. The lowest BCUT2D eigenvalue weighted by Crippen LogP contribution is -2.16. The van der Waals surface area contributed by atoms with Crippen LogP contribution >= 0.6 is 11.8 Å². The van der Waals surface area contributed by atoms with Crippen molar-refractivity contribution in [3.05, 3.63) is 70.8 Å². The highest BCUT2D eigenvalue weighted by Crippen LogP contribution is 2.27. The quantitative estimate of drug-likeness (QED) is 0.303. The Kier molecular flexibility index (Phi) is 6.36. The Balaban J connectivity index is 1.45. The number of H-pyrrole nitrogens is 1. The van der Waals surface area contributed by atoms with E-state index in [4.69, 9.17) is 9.26 Å². The van der Waals surface area contributed by atoms with Crippen LogP contribution in [0.3, 0.4) is 0 Å². The second-order valence-corrected chi connectivity index (χ2v) is 7.50. The number of rotatable bonds is 7. The fourth-order valence-corrected chi connectivity index (χ4v) is 3.51. The minimum atomic E-state index is -4.77. The molecule has 2 aromatic heterocycles. The van der Waals surface area contributed by atoms with E-state index in [-0.39, 0.29) is 28.8 Å². The molecule has 0 fully saturated rings. The third-order valence-corrected chi connectivity index (χ3v) is 5.09. The lowest BCUT2D eigenvalue weighted by Gasteiger charge is -2.08. The van der Waals surface area contributed by atoms with Crippen molar-refractivity contribution in [3.63, 3.8) is 0 Å². The van der Waals surface area contributed by atoms with E-state index < -0.39 is 6.36 Å². The van der Waals surface area contributed by atoms with Crippen LogP contribution < -0.4 is 15.0 Å².